The molecule has 0 unspecified atom stereocenters. The number of benzene rings is 2. The van der Waals surface area contributed by atoms with Gasteiger partial charge >= 0.3 is 5.69 Å². The number of aromatic amines is 2. The zero-order chi connectivity index (χ0) is 22.2. The Hall–Kier alpha value is -2.66. The van der Waals surface area contributed by atoms with E-state index in [1.54, 1.807) is 37.3 Å². The molecule has 2 aromatic carbocycles. The molecule has 3 N–H and O–H groups in total. The molecule has 11 heteroatoms. The molecule has 1 amide bonds. The summed E-state index contributed by atoms with van der Waals surface area (Å²) in [6, 6.07) is 10.9. The highest BCUT2D eigenvalue weighted by Gasteiger charge is 2.32. The predicted octanol–water partition coefficient (Wildman–Crippen LogP) is 1.84. The van der Waals surface area contributed by atoms with Crippen molar-refractivity contribution in [2.24, 2.45) is 0 Å². The van der Waals surface area contributed by atoms with Crippen molar-refractivity contribution in [3.8, 4) is 0 Å². The first-order chi connectivity index (χ1) is 14.7. The smallest absolute Gasteiger partial charge is 0.323 e. The maximum absolute atomic E-state index is 13.0. The van der Waals surface area contributed by atoms with Crippen LogP contribution in [0.25, 0.3) is 11.0 Å². The summed E-state index contributed by atoms with van der Waals surface area (Å²) in [6.07, 6.45) is 0. The first-order valence-corrected chi connectivity index (χ1v) is 11.6. The Morgan fingerprint density at radius 3 is 2.35 bits per heavy atom. The van der Waals surface area contributed by atoms with Gasteiger partial charge in [-0.25, -0.2) is 13.2 Å². The zero-order valence-electron chi connectivity index (χ0n) is 16.8. The van der Waals surface area contributed by atoms with Gasteiger partial charge in [0.25, 0.3) is 0 Å². The lowest BCUT2D eigenvalue weighted by atomic mass is 10.2. The van der Waals surface area contributed by atoms with Gasteiger partial charge in [-0.1, -0.05) is 11.6 Å². The molecule has 9 nitrogen and oxygen atoms in total. The summed E-state index contributed by atoms with van der Waals surface area (Å²) in [6.45, 7) is 3.19. The highest BCUT2D eigenvalue weighted by Crippen LogP contribution is 2.21. The van der Waals surface area contributed by atoms with E-state index in [0.29, 0.717) is 34.8 Å². The number of hydrogen-bond donors (Lipinski definition) is 3. The number of H-pyrrole nitrogens is 2. The number of amides is 1. The van der Waals surface area contributed by atoms with E-state index >= 15 is 0 Å². The lowest BCUT2D eigenvalue weighted by Crippen LogP contribution is -2.53. The number of nitrogens with zero attached hydrogens (tertiary/aromatic N) is 2. The van der Waals surface area contributed by atoms with E-state index in [2.05, 4.69) is 15.3 Å². The van der Waals surface area contributed by atoms with Crippen molar-refractivity contribution in [2.45, 2.75) is 17.9 Å². The quantitative estimate of drug-likeness (QED) is 0.533. The van der Waals surface area contributed by atoms with E-state index in [1.165, 1.54) is 16.4 Å². The molecule has 1 atom stereocenters. The molecule has 164 valence electrons. The number of fused-ring (bicyclic) bond motifs is 1. The van der Waals surface area contributed by atoms with E-state index in [-0.39, 0.29) is 29.6 Å². The minimum atomic E-state index is -3.71. The van der Waals surface area contributed by atoms with Crippen LogP contribution in [0.5, 0.6) is 0 Å². The fraction of sp³-hybridized carbons (Fsp3) is 0.300. The molecule has 1 saturated heterocycles. The number of rotatable bonds is 5. The van der Waals surface area contributed by atoms with Crippen LogP contribution in [0.15, 0.2) is 52.2 Å². The zero-order valence-corrected chi connectivity index (χ0v) is 18.3. The summed E-state index contributed by atoms with van der Waals surface area (Å²) in [5.41, 5.74) is 1.26. The molecule has 1 fully saturated rings. The minimum Gasteiger partial charge on any atom is -0.325 e. The van der Waals surface area contributed by atoms with Gasteiger partial charge in [0.05, 0.1) is 22.0 Å². The number of aromatic nitrogens is 2. The molecular weight excluding hydrogens is 442 g/mol. The normalized spacial score (nSPS) is 17.0. The van der Waals surface area contributed by atoms with Crippen LogP contribution in [0.4, 0.5) is 5.69 Å². The summed E-state index contributed by atoms with van der Waals surface area (Å²) < 4.78 is 27.5. The summed E-state index contributed by atoms with van der Waals surface area (Å²) in [4.78, 5) is 31.2. The second-order valence-electron chi connectivity index (χ2n) is 7.40. The van der Waals surface area contributed by atoms with Gasteiger partial charge in [-0.3, -0.25) is 9.69 Å². The van der Waals surface area contributed by atoms with E-state index < -0.39 is 16.1 Å². The molecule has 1 aliphatic heterocycles. The van der Waals surface area contributed by atoms with Crippen molar-refractivity contribution in [3.05, 3.63) is 58.0 Å². The van der Waals surface area contributed by atoms with Gasteiger partial charge in [-0.2, -0.15) is 4.31 Å². The van der Waals surface area contributed by atoms with Crippen LogP contribution in [-0.2, 0) is 14.8 Å². The number of piperazine rings is 1. The average Bonchev–Trinajstić information content (AvgIpc) is 3.14. The largest absolute Gasteiger partial charge is 0.325 e. The van der Waals surface area contributed by atoms with Gasteiger partial charge in [0, 0.05) is 36.9 Å². The van der Waals surface area contributed by atoms with Gasteiger partial charge in [0.1, 0.15) is 0 Å². The lowest BCUT2D eigenvalue weighted by Gasteiger charge is -2.36. The first-order valence-electron chi connectivity index (χ1n) is 9.77. The van der Waals surface area contributed by atoms with Gasteiger partial charge in [0.15, 0.2) is 0 Å². The fourth-order valence-corrected chi connectivity index (χ4v) is 5.17. The van der Waals surface area contributed by atoms with Crippen molar-refractivity contribution in [3.63, 3.8) is 0 Å². The van der Waals surface area contributed by atoms with Crippen LogP contribution < -0.4 is 11.0 Å². The number of carbonyl (C=O) groups is 1. The van der Waals surface area contributed by atoms with Crippen LogP contribution in [0, 0.1) is 0 Å². The minimum absolute atomic E-state index is 0.122. The summed E-state index contributed by atoms with van der Waals surface area (Å²) in [5.74, 6) is -0.166. The van der Waals surface area contributed by atoms with Crippen molar-refractivity contribution in [1.82, 2.24) is 19.2 Å². The van der Waals surface area contributed by atoms with E-state index in [4.69, 9.17) is 11.6 Å². The van der Waals surface area contributed by atoms with Crippen LogP contribution in [0.1, 0.15) is 6.92 Å². The van der Waals surface area contributed by atoms with E-state index in [1.807, 2.05) is 4.90 Å². The Bertz CT molecular complexity index is 1260. The second-order valence-corrected chi connectivity index (χ2v) is 9.77. The Kier molecular flexibility index (Phi) is 5.89. The molecule has 4 rings (SSSR count). The van der Waals surface area contributed by atoms with Crippen LogP contribution in [0.2, 0.25) is 5.02 Å². The Balaban J connectivity index is 1.40. The fourth-order valence-electron chi connectivity index (χ4n) is 3.60. The number of hydrogen-bond acceptors (Lipinski definition) is 5. The Morgan fingerprint density at radius 1 is 1.03 bits per heavy atom. The molecule has 0 aliphatic carbocycles. The molecule has 0 saturated carbocycles. The van der Waals surface area contributed by atoms with E-state index in [9.17, 15) is 18.0 Å². The number of sulfonamides is 1. The van der Waals surface area contributed by atoms with Gasteiger partial charge < -0.3 is 15.3 Å². The molecular formula is C20H22ClN5O4S. The molecule has 0 spiro atoms. The molecule has 3 aromatic rings. The highest BCUT2D eigenvalue weighted by molar-refractivity contribution is 7.89. The number of nitrogens with one attached hydrogen (secondary N) is 3. The number of halogens is 1. The molecule has 1 aliphatic rings. The average molecular weight is 464 g/mol. The third-order valence-electron chi connectivity index (χ3n) is 5.44. The van der Waals surface area contributed by atoms with Crippen molar-refractivity contribution < 1.29 is 13.2 Å². The first kappa shape index (κ1) is 21.6. The SMILES string of the molecule is C[C@H](C(=O)Nc1ccc(Cl)cc1)N1CCN(S(=O)(=O)c2ccc3[nH]c(=O)[nH]c3c2)CC1. The van der Waals surface area contributed by atoms with Gasteiger partial charge in [0.2, 0.25) is 15.9 Å². The van der Waals surface area contributed by atoms with E-state index in [0.717, 1.165) is 0 Å². The summed E-state index contributed by atoms with van der Waals surface area (Å²) in [7, 11) is -3.71. The van der Waals surface area contributed by atoms with Crippen molar-refractivity contribution in [2.75, 3.05) is 31.5 Å². The molecule has 31 heavy (non-hydrogen) atoms. The predicted molar refractivity (Wildman–Crippen MR) is 119 cm³/mol. The van der Waals surface area contributed by atoms with Crippen LogP contribution >= 0.6 is 11.6 Å². The molecule has 2 heterocycles. The Morgan fingerprint density at radius 2 is 1.68 bits per heavy atom. The number of imidazole rings is 1. The summed E-state index contributed by atoms with van der Waals surface area (Å²) in [5, 5.41) is 3.44. The Labute approximate surface area is 184 Å². The topological polar surface area (TPSA) is 118 Å². The number of carbonyl (C=O) groups excluding carboxylic acids is 1. The van der Waals surface area contributed by atoms with Crippen molar-refractivity contribution in [1.29, 1.82) is 0 Å². The maximum atomic E-state index is 13.0. The molecule has 0 bridgehead atoms. The second kappa shape index (κ2) is 8.46. The van der Waals surface area contributed by atoms with Gasteiger partial charge in [-0.05, 0) is 49.4 Å². The van der Waals surface area contributed by atoms with Crippen LogP contribution in [-0.4, -0.2) is 65.7 Å². The number of anilines is 1. The molecule has 0 radical (unpaired) electrons. The lowest BCUT2D eigenvalue weighted by molar-refractivity contribution is -0.121. The van der Waals surface area contributed by atoms with Crippen molar-refractivity contribution >= 4 is 44.3 Å². The summed E-state index contributed by atoms with van der Waals surface area (Å²) >= 11 is 5.87. The molecule has 1 aromatic heterocycles. The maximum Gasteiger partial charge on any atom is 0.323 e. The highest BCUT2D eigenvalue weighted by atomic mass is 35.5. The standard InChI is InChI=1S/C20H22ClN5O4S/c1-13(19(27)22-15-4-2-14(21)3-5-15)25-8-10-26(11-9-25)31(29,30)16-6-7-17-18(12-16)24-20(28)23-17/h2-7,12-13H,8-11H2,1H3,(H,22,27)(H2,23,24,28)/t13-/m1/s1. The third kappa shape index (κ3) is 4.52. The van der Waals surface area contributed by atoms with Gasteiger partial charge in [-0.15, -0.1) is 0 Å². The van der Waals surface area contributed by atoms with Crippen LogP contribution in [0.3, 0.4) is 0 Å². The third-order valence-corrected chi connectivity index (χ3v) is 7.58. The monoisotopic (exact) mass is 463 g/mol.